The van der Waals surface area contributed by atoms with Crippen molar-refractivity contribution in [2.45, 2.75) is 4.90 Å². The Kier molecular flexibility index (Phi) is 6.54. The van der Waals surface area contributed by atoms with Crippen LogP contribution in [0.15, 0.2) is 53.4 Å². The minimum absolute atomic E-state index is 0.0689. The zero-order valence-corrected chi connectivity index (χ0v) is 16.0. The molecule has 2 rings (SSSR count). The average Bonchev–Trinajstić information content (AvgIpc) is 2.67. The van der Waals surface area contributed by atoms with Gasteiger partial charge < -0.3 is 15.0 Å². The molecule has 0 radical (unpaired) electrons. The van der Waals surface area contributed by atoms with Crippen molar-refractivity contribution in [2.75, 3.05) is 33.1 Å². The van der Waals surface area contributed by atoms with E-state index < -0.39 is 10.0 Å². The molecule has 2 aromatic rings. The second kappa shape index (κ2) is 8.65. The Bertz CT molecular complexity index is 907. The Labute approximate surface area is 158 Å². The van der Waals surface area contributed by atoms with Gasteiger partial charge in [0, 0.05) is 25.3 Å². The van der Waals surface area contributed by atoms with E-state index in [0.717, 1.165) is 0 Å². The number of ether oxygens (including phenoxy) is 1. The standard InChI is InChI=1S/C18H21N3O5S/c1-19-27(24,25)16-10-4-13(5-11-16)18(23)20-14-6-8-15(9-7-14)26-12-17(22)21(2)3/h4-11,19H,12H2,1-3H3,(H,20,23). The average molecular weight is 391 g/mol. The SMILES string of the molecule is CNS(=O)(=O)c1ccc(C(=O)Nc2ccc(OCC(=O)N(C)C)cc2)cc1. The van der Waals surface area contributed by atoms with Gasteiger partial charge in [-0.05, 0) is 55.6 Å². The number of carbonyl (C=O) groups excluding carboxylic acids is 2. The van der Waals surface area contributed by atoms with E-state index in [1.165, 1.54) is 36.2 Å². The van der Waals surface area contributed by atoms with Gasteiger partial charge in [-0.3, -0.25) is 9.59 Å². The molecular formula is C18H21N3O5S. The van der Waals surface area contributed by atoms with Crippen LogP contribution in [0.4, 0.5) is 5.69 Å². The lowest BCUT2D eigenvalue weighted by molar-refractivity contribution is -0.130. The summed E-state index contributed by atoms with van der Waals surface area (Å²) in [7, 11) is 1.06. The molecule has 0 aliphatic heterocycles. The molecule has 27 heavy (non-hydrogen) atoms. The van der Waals surface area contributed by atoms with Crippen LogP contribution in [0.25, 0.3) is 0 Å². The van der Waals surface area contributed by atoms with Gasteiger partial charge in [0.25, 0.3) is 11.8 Å². The number of sulfonamides is 1. The number of nitrogens with one attached hydrogen (secondary N) is 2. The number of rotatable bonds is 7. The van der Waals surface area contributed by atoms with Crippen LogP contribution in [0.2, 0.25) is 0 Å². The smallest absolute Gasteiger partial charge is 0.259 e. The van der Waals surface area contributed by atoms with Crippen molar-refractivity contribution in [3.63, 3.8) is 0 Å². The number of anilines is 1. The van der Waals surface area contributed by atoms with Gasteiger partial charge in [-0.15, -0.1) is 0 Å². The molecule has 9 heteroatoms. The molecule has 0 heterocycles. The van der Waals surface area contributed by atoms with Gasteiger partial charge >= 0.3 is 0 Å². The van der Waals surface area contributed by atoms with Gasteiger partial charge in [-0.25, -0.2) is 13.1 Å². The molecule has 0 saturated heterocycles. The summed E-state index contributed by atoms with van der Waals surface area (Å²) in [4.78, 5) is 25.3. The highest BCUT2D eigenvalue weighted by molar-refractivity contribution is 7.89. The molecule has 8 nitrogen and oxygen atoms in total. The zero-order valence-electron chi connectivity index (χ0n) is 15.2. The summed E-state index contributed by atoms with van der Waals surface area (Å²) in [6, 6.07) is 12.2. The Morgan fingerprint density at radius 1 is 1.00 bits per heavy atom. The van der Waals surface area contributed by atoms with Crippen LogP contribution < -0.4 is 14.8 Å². The maximum Gasteiger partial charge on any atom is 0.259 e. The van der Waals surface area contributed by atoms with Crippen LogP contribution in [-0.2, 0) is 14.8 Å². The zero-order chi connectivity index (χ0) is 20.0. The maximum atomic E-state index is 12.3. The summed E-state index contributed by atoms with van der Waals surface area (Å²) in [5.74, 6) is -0.0270. The van der Waals surface area contributed by atoms with Gasteiger partial charge in [-0.1, -0.05) is 0 Å². The molecule has 0 aliphatic rings. The van der Waals surface area contributed by atoms with Gasteiger partial charge in [-0.2, -0.15) is 0 Å². The molecule has 2 aromatic carbocycles. The van der Waals surface area contributed by atoms with Crippen LogP contribution in [0.1, 0.15) is 10.4 Å². The third kappa shape index (κ3) is 5.53. The predicted molar refractivity (Wildman–Crippen MR) is 101 cm³/mol. The van der Waals surface area contributed by atoms with E-state index in [4.69, 9.17) is 4.74 Å². The van der Waals surface area contributed by atoms with E-state index in [-0.39, 0.29) is 23.3 Å². The second-order valence-corrected chi connectivity index (χ2v) is 7.67. The summed E-state index contributed by atoms with van der Waals surface area (Å²) >= 11 is 0. The summed E-state index contributed by atoms with van der Waals surface area (Å²) in [6.45, 7) is -0.0689. The minimum atomic E-state index is -3.54. The first kappa shape index (κ1) is 20.4. The van der Waals surface area contributed by atoms with Crippen LogP contribution in [-0.4, -0.2) is 52.9 Å². The predicted octanol–water partition coefficient (Wildman–Crippen LogP) is 1.31. The minimum Gasteiger partial charge on any atom is -0.484 e. The van der Waals surface area contributed by atoms with Gasteiger partial charge in [0.05, 0.1) is 4.90 Å². The van der Waals surface area contributed by atoms with Crippen molar-refractivity contribution in [3.05, 3.63) is 54.1 Å². The van der Waals surface area contributed by atoms with Crippen molar-refractivity contribution in [1.29, 1.82) is 0 Å². The molecule has 2 amide bonds. The molecule has 0 atom stereocenters. The van der Waals surface area contributed by atoms with Crippen LogP contribution in [0.3, 0.4) is 0 Å². The van der Waals surface area contributed by atoms with Gasteiger partial charge in [0.1, 0.15) is 5.75 Å². The maximum absolute atomic E-state index is 12.3. The molecule has 144 valence electrons. The topological polar surface area (TPSA) is 105 Å². The quantitative estimate of drug-likeness (QED) is 0.741. The lowest BCUT2D eigenvalue weighted by Gasteiger charge is -2.12. The van der Waals surface area contributed by atoms with E-state index in [2.05, 4.69) is 10.0 Å². The summed E-state index contributed by atoms with van der Waals surface area (Å²) < 4.78 is 31.0. The van der Waals surface area contributed by atoms with Crippen molar-refractivity contribution in [3.8, 4) is 5.75 Å². The summed E-state index contributed by atoms with van der Waals surface area (Å²) in [6.07, 6.45) is 0. The monoisotopic (exact) mass is 391 g/mol. The first-order valence-electron chi connectivity index (χ1n) is 8.01. The number of amides is 2. The number of nitrogens with zero attached hydrogens (tertiary/aromatic N) is 1. The molecule has 0 aromatic heterocycles. The first-order valence-corrected chi connectivity index (χ1v) is 9.49. The third-order valence-electron chi connectivity index (χ3n) is 3.67. The van der Waals surface area contributed by atoms with E-state index in [0.29, 0.717) is 17.0 Å². The number of hydrogen-bond donors (Lipinski definition) is 2. The summed E-state index contributed by atoms with van der Waals surface area (Å²) in [5, 5.41) is 2.71. The Balaban J connectivity index is 1.98. The highest BCUT2D eigenvalue weighted by Gasteiger charge is 2.13. The van der Waals surface area contributed by atoms with Crippen molar-refractivity contribution in [1.82, 2.24) is 9.62 Å². The van der Waals surface area contributed by atoms with Gasteiger partial charge in [0.15, 0.2) is 6.61 Å². The fourth-order valence-corrected chi connectivity index (χ4v) is 2.75. The largest absolute Gasteiger partial charge is 0.484 e. The van der Waals surface area contributed by atoms with Crippen LogP contribution in [0, 0.1) is 0 Å². The Morgan fingerprint density at radius 3 is 2.11 bits per heavy atom. The molecule has 0 unspecified atom stereocenters. The van der Waals surface area contributed by atoms with E-state index >= 15 is 0 Å². The molecule has 0 spiro atoms. The van der Waals surface area contributed by atoms with Crippen LogP contribution >= 0.6 is 0 Å². The van der Waals surface area contributed by atoms with Crippen molar-refractivity contribution < 1.29 is 22.7 Å². The highest BCUT2D eigenvalue weighted by atomic mass is 32.2. The lowest BCUT2D eigenvalue weighted by atomic mass is 10.2. The number of benzene rings is 2. The Hall–Kier alpha value is -2.91. The van der Waals surface area contributed by atoms with E-state index in [9.17, 15) is 18.0 Å². The molecule has 0 aliphatic carbocycles. The fourth-order valence-electron chi connectivity index (χ4n) is 2.02. The summed E-state index contributed by atoms with van der Waals surface area (Å²) in [5.41, 5.74) is 0.861. The second-order valence-electron chi connectivity index (χ2n) is 5.79. The lowest BCUT2D eigenvalue weighted by Crippen LogP contribution is -2.27. The Morgan fingerprint density at radius 2 is 1.59 bits per heavy atom. The molecule has 0 fully saturated rings. The third-order valence-corrected chi connectivity index (χ3v) is 5.10. The highest BCUT2D eigenvalue weighted by Crippen LogP contribution is 2.17. The van der Waals surface area contributed by atoms with E-state index in [1.54, 1.807) is 38.4 Å². The van der Waals surface area contributed by atoms with Crippen molar-refractivity contribution >= 4 is 27.5 Å². The van der Waals surface area contributed by atoms with Crippen LogP contribution in [0.5, 0.6) is 5.75 Å². The fraction of sp³-hybridized carbons (Fsp3) is 0.222. The van der Waals surface area contributed by atoms with Crippen molar-refractivity contribution in [2.24, 2.45) is 0 Å². The molecule has 0 saturated carbocycles. The number of hydrogen-bond acceptors (Lipinski definition) is 5. The normalized spacial score (nSPS) is 10.9. The number of carbonyl (C=O) groups is 2. The number of likely N-dealkylation sites (N-methyl/N-ethyl adjacent to an activating group) is 1. The molecular weight excluding hydrogens is 370 g/mol. The van der Waals surface area contributed by atoms with Gasteiger partial charge in [0.2, 0.25) is 10.0 Å². The molecule has 2 N–H and O–H groups in total. The molecule has 0 bridgehead atoms. The first-order chi connectivity index (χ1) is 12.7. The van der Waals surface area contributed by atoms with E-state index in [1.807, 2.05) is 0 Å².